The third-order valence-electron chi connectivity index (χ3n) is 2.67. The van der Waals surface area contributed by atoms with Crippen molar-refractivity contribution in [2.75, 3.05) is 11.9 Å². The topological polar surface area (TPSA) is 50.7 Å². The van der Waals surface area contributed by atoms with E-state index in [1.54, 1.807) is 12.3 Å². The van der Waals surface area contributed by atoms with Crippen LogP contribution in [0.5, 0.6) is 0 Å². The first-order valence-corrected chi connectivity index (χ1v) is 5.95. The fraction of sp³-hybridized carbons (Fsp3) is 0.308. The summed E-state index contributed by atoms with van der Waals surface area (Å²) in [6, 6.07) is 1.63. The average molecular weight is 246 g/mol. The Hall–Kier alpha value is -2.04. The molecule has 0 fully saturated rings. The zero-order valence-electron chi connectivity index (χ0n) is 10.4. The summed E-state index contributed by atoms with van der Waals surface area (Å²) < 4.78 is 13.8. The van der Waals surface area contributed by atoms with Crippen LogP contribution in [0.3, 0.4) is 0 Å². The molecule has 0 amide bonds. The van der Waals surface area contributed by atoms with Gasteiger partial charge in [0.2, 0.25) is 0 Å². The van der Waals surface area contributed by atoms with Crippen molar-refractivity contribution in [2.24, 2.45) is 0 Å². The van der Waals surface area contributed by atoms with E-state index in [2.05, 4.69) is 20.3 Å². The molecule has 0 unspecified atom stereocenters. The molecule has 0 saturated carbocycles. The predicted octanol–water partition coefficient (Wildman–Crippen LogP) is 2.67. The largest absolute Gasteiger partial charge is 0.370 e. The van der Waals surface area contributed by atoms with Gasteiger partial charge >= 0.3 is 0 Å². The SMILES string of the molecule is CCNc1ncnc(-c2ccncc2F)c1CC. The lowest BCUT2D eigenvalue weighted by molar-refractivity contribution is 0.624. The number of hydrogen-bond donors (Lipinski definition) is 1. The Kier molecular flexibility index (Phi) is 3.82. The summed E-state index contributed by atoms with van der Waals surface area (Å²) in [5.74, 6) is 0.398. The Morgan fingerprint density at radius 1 is 1.28 bits per heavy atom. The van der Waals surface area contributed by atoms with Gasteiger partial charge in [-0.1, -0.05) is 6.92 Å². The molecule has 0 aliphatic heterocycles. The van der Waals surface area contributed by atoms with E-state index in [4.69, 9.17) is 0 Å². The van der Waals surface area contributed by atoms with Gasteiger partial charge in [-0.05, 0) is 19.4 Å². The van der Waals surface area contributed by atoms with Gasteiger partial charge in [0.05, 0.1) is 11.9 Å². The Bertz CT molecular complexity index is 542. The van der Waals surface area contributed by atoms with E-state index in [1.807, 2.05) is 13.8 Å². The number of rotatable bonds is 4. The van der Waals surface area contributed by atoms with Gasteiger partial charge in [0.1, 0.15) is 12.1 Å². The van der Waals surface area contributed by atoms with Crippen molar-refractivity contribution in [1.82, 2.24) is 15.0 Å². The van der Waals surface area contributed by atoms with Crippen molar-refractivity contribution in [3.05, 3.63) is 36.2 Å². The van der Waals surface area contributed by atoms with Crippen LogP contribution in [-0.4, -0.2) is 21.5 Å². The van der Waals surface area contributed by atoms with Gasteiger partial charge in [0.15, 0.2) is 5.82 Å². The minimum absolute atomic E-state index is 0.367. The van der Waals surface area contributed by atoms with E-state index in [0.717, 1.165) is 24.3 Å². The van der Waals surface area contributed by atoms with Crippen LogP contribution in [-0.2, 0) is 6.42 Å². The van der Waals surface area contributed by atoms with Crippen LogP contribution >= 0.6 is 0 Å². The summed E-state index contributed by atoms with van der Waals surface area (Å²) in [4.78, 5) is 12.2. The van der Waals surface area contributed by atoms with E-state index in [1.165, 1.54) is 12.5 Å². The molecule has 0 aromatic carbocycles. The molecule has 0 atom stereocenters. The first-order valence-electron chi connectivity index (χ1n) is 5.95. The second kappa shape index (κ2) is 5.53. The molecular weight excluding hydrogens is 231 g/mol. The highest BCUT2D eigenvalue weighted by atomic mass is 19.1. The number of aromatic nitrogens is 3. The first kappa shape index (κ1) is 12.4. The van der Waals surface area contributed by atoms with Crippen molar-refractivity contribution in [1.29, 1.82) is 0 Å². The fourth-order valence-corrected chi connectivity index (χ4v) is 1.87. The molecule has 18 heavy (non-hydrogen) atoms. The van der Waals surface area contributed by atoms with Crippen molar-refractivity contribution < 1.29 is 4.39 Å². The molecule has 0 aliphatic carbocycles. The van der Waals surface area contributed by atoms with Crippen LogP contribution < -0.4 is 5.32 Å². The monoisotopic (exact) mass is 246 g/mol. The first-order chi connectivity index (χ1) is 8.77. The highest BCUT2D eigenvalue weighted by Gasteiger charge is 2.14. The van der Waals surface area contributed by atoms with Crippen LogP contribution in [0.2, 0.25) is 0 Å². The normalized spacial score (nSPS) is 10.4. The Morgan fingerprint density at radius 3 is 2.78 bits per heavy atom. The molecule has 1 N–H and O–H groups in total. The molecule has 0 spiro atoms. The number of nitrogens with one attached hydrogen (secondary N) is 1. The molecular formula is C13H15FN4. The molecule has 5 heteroatoms. The number of halogens is 1. The Morgan fingerprint density at radius 2 is 2.11 bits per heavy atom. The van der Waals surface area contributed by atoms with Gasteiger partial charge in [0.25, 0.3) is 0 Å². The molecule has 4 nitrogen and oxygen atoms in total. The lowest BCUT2D eigenvalue weighted by Gasteiger charge is -2.12. The molecule has 2 heterocycles. The summed E-state index contributed by atoms with van der Waals surface area (Å²) >= 11 is 0. The van der Waals surface area contributed by atoms with Crippen LogP contribution in [0.1, 0.15) is 19.4 Å². The standard InChI is InChI=1S/C13H15FN4/c1-3-9-12(10-5-6-15-7-11(10)14)17-8-18-13(9)16-4-2/h5-8H,3-4H2,1-2H3,(H,16,17,18). The molecule has 0 aliphatic rings. The van der Waals surface area contributed by atoms with Crippen molar-refractivity contribution in [3.63, 3.8) is 0 Å². The summed E-state index contributed by atoms with van der Waals surface area (Å²) in [6.07, 6.45) is 4.95. The van der Waals surface area contributed by atoms with Crippen LogP contribution in [0.25, 0.3) is 11.3 Å². The Labute approximate surface area is 105 Å². The van der Waals surface area contributed by atoms with Crippen LogP contribution in [0.15, 0.2) is 24.8 Å². The molecule has 0 bridgehead atoms. The van der Waals surface area contributed by atoms with Gasteiger partial charge in [-0.3, -0.25) is 4.98 Å². The van der Waals surface area contributed by atoms with E-state index in [9.17, 15) is 4.39 Å². The Balaban J connectivity index is 2.57. The van der Waals surface area contributed by atoms with E-state index < -0.39 is 0 Å². The third-order valence-corrected chi connectivity index (χ3v) is 2.67. The fourth-order valence-electron chi connectivity index (χ4n) is 1.87. The van der Waals surface area contributed by atoms with Crippen molar-refractivity contribution >= 4 is 5.82 Å². The molecule has 2 aromatic heterocycles. The minimum Gasteiger partial charge on any atom is -0.370 e. The lowest BCUT2D eigenvalue weighted by atomic mass is 10.1. The summed E-state index contributed by atoms with van der Waals surface area (Å²) in [6.45, 7) is 4.76. The van der Waals surface area contributed by atoms with Crippen LogP contribution in [0.4, 0.5) is 10.2 Å². The molecule has 94 valence electrons. The lowest BCUT2D eigenvalue weighted by Crippen LogP contribution is -2.06. The summed E-state index contributed by atoms with van der Waals surface area (Å²) in [5.41, 5.74) is 2.01. The number of hydrogen-bond acceptors (Lipinski definition) is 4. The van der Waals surface area contributed by atoms with Crippen molar-refractivity contribution in [3.8, 4) is 11.3 Å². The zero-order valence-corrected chi connectivity index (χ0v) is 10.4. The maximum absolute atomic E-state index is 13.8. The quantitative estimate of drug-likeness (QED) is 0.901. The second-order valence-corrected chi connectivity index (χ2v) is 3.79. The summed E-state index contributed by atoms with van der Waals surface area (Å²) in [7, 11) is 0. The molecule has 0 radical (unpaired) electrons. The van der Waals surface area contributed by atoms with E-state index in [-0.39, 0.29) is 5.82 Å². The van der Waals surface area contributed by atoms with Gasteiger partial charge < -0.3 is 5.32 Å². The maximum atomic E-state index is 13.8. The zero-order chi connectivity index (χ0) is 13.0. The van der Waals surface area contributed by atoms with Gasteiger partial charge in [-0.15, -0.1) is 0 Å². The third kappa shape index (κ3) is 2.30. The predicted molar refractivity (Wildman–Crippen MR) is 68.8 cm³/mol. The van der Waals surface area contributed by atoms with Crippen molar-refractivity contribution in [2.45, 2.75) is 20.3 Å². The molecule has 2 aromatic rings. The van der Waals surface area contributed by atoms with E-state index >= 15 is 0 Å². The molecule has 0 saturated heterocycles. The number of pyridine rings is 1. The highest BCUT2D eigenvalue weighted by molar-refractivity contribution is 5.68. The smallest absolute Gasteiger partial charge is 0.150 e. The number of anilines is 1. The van der Waals surface area contributed by atoms with Crippen LogP contribution in [0, 0.1) is 5.82 Å². The maximum Gasteiger partial charge on any atom is 0.150 e. The average Bonchev–Trinajstić information content (AvgIpc) is 2.39. The second-order valence-electron chi connectivity index (χ2n) is 3.79. The highest BCUT2D eigenvalue weighted by Crippen LogP contribution is 2.27. The van der Waals surface area contributed by atoms with Gasteiger partial charge in [-0.2, -0.15) is 0 Å². The number of nitrogens with zero attached hydrogens (tertiary/aromatic N) is 3. The van der Waals surface area contributed by atoms with Gasteiger partial charge in [-0.25, -0.2) is 14.4 Å². The summed E-state index contributed by atoms with van der Waals surface area (Å²) in [5, 5.41) is 3.17. The van der Waals surface area contributed by atoms with E-state index in [0.29, 0.717) is 11.3 Å². The molecule has 2 rings (SSSR count). The minimum atomic E-state index is -0.367. The van der Waals surface area contributed by atoms with Gasteiger partial charge in [0, 0.05) is 23.9 Å².